The average molecular weight is 343 g/mol. The van der Waals surface area contributed by atoms with E-state index in [0.717, 1.165) is 12.8 Å². The highest BCUT2D eigenvalue weighted by molar-refractivity contribution is 6.06. The van der Waals surface area contributed by atoms with Gasteiger partial charge in [0.15, 0.2) is 0 Å². The molecule has 1 heterocycles. The number of carbonyl (C=O) groups is 3. The summed E-state index contributed by atoms with van der Waals surface area (Å²) in [5, 5.41) is 5.64. The predicted octanol–water partition coefficient (Wildman–Crippen LogP) is 1.94. The van der Waals surface area contributed by atoms with Gasteiger partial charge in [-0.1, -0.05) is 30.3 Å². The molecule has 1 aliphatic carbocycles. The molecule has 0 bridgehead atoms. The van der Waals surface area contributed by atoms with Gasteiger partial charge < -0.3 is 10.6 Å². The van der Waals surface area contributed by atoms with Gasteiger partial charge in [0.25, 0.3) is 5.91 Å². The molecule has 3 rings (SSSR count). The van der Waals surface area contributed by atoms with Gasteiger partial charge in [-0.25, -0.2) is 4.79 Å². The largest absolute Gasteiger partial charge is 0.355 e. The third-order valence-electron chi connectivity index (χ3n) is 5.09. The third kappa shape index (κ3) is 3.67. The van der Waals surface area contributed by atoms with Crippen molar-refractivity contribution >= 4 is 17.8 Å². The second-order valence-corrected chi connectivity index (χ2v) is 7.54. The Balaban J connectivity index is 1.42. The first-order valence-electron chi connectivity index (χ1n) is 8.80. The summed E-state index contributed by atoms with van der Waals surface area (Å²) in [6.45, 7) is 4.27. The fraction of sp³-hybridized carbons (Fsp3) is 0.526. The lowest BCUT2D eigenvalue weighted by Crippen LogP contribution is -2.40. The van der Waals surface area contributed by atoms with Crippen LogP contribution in [0.1, 0.15) is 45.1 Å². The van der Waals surface area contributed by atoms with Gasteiger partial charge in [-0.05, 0) is 38.7 Å². The van der Waals surface area contributed by atoms with Gasteiger partial charge in [-0.2, -0.15) is 0 Å². The fourth-order valence-electron chi connectivity index (χ4n) is 3.28. The zero-order chi connectivity index (χ0) is 18.1. The van der Waals surface area contributed by atoms with Gasteiger partial charge in [-0.3, -0.25) is 14.5 Å². The van der Waals surface area contributed by atoms with E-state index in [-0.39, 0.29) is 29.8 Å². The summed E-state index contributed by atoms with van der Waals surface area (Å²) in [6, 6.07) is 9.89. The van der Waals surface area contributed by atoms with Crippen LogP contribution in [-0.2, 0) is 15.0 Å². The minimum atomic E-state index is -0.854. The van der Waals surface area contributed by atoms with Crippen LogP contribution >= 0.6 is 0 Å². The van der Waals surface area contributed by atoms with Crippen molar-refractivity contribution in [3.63, 3.8) is 0 Å². The van der Waals surface area contributed by atoms with Crippen molar-refractivity contribution in [3.8, 4) is 0 Å². The van der Waals surface area contributed by atoms with Gasteiger partial charge in [0.2, 0.25) is 5.91 Å². The zero-order valence-electron chi connectivity index (χ0n) is 14.8. The standard InChI is InChI=1S/C19H25N3O3/c1-18(2)16(24)22(17(25)21-18)12-6-9-15(23)20-13-19(10-11-19)14-7-4-3-5-8-14/h3-5,7-8H,6,9-13H2,1-2H3,(H,20,23)(H,21,25). The molecule has 134 valence electrons. The van der Waals surface area contributed by atoms with Crippen molar-refractivity contribution in [1.29, 1.82) is 0 Å². The van der Waals surface area contributed by atoms with Crippen LogP contribution in [-0.4, -0.2) is 41.4 Å². The number of nitrogens with zero attached hydrogens (tertiary/aromatic N) is 1. The van der Waals surface area contributed by atoms with E-state index in [2.05, 4.69) is 22.8 Å². The Kier molecular flexibility index (Phi) is 4.54. The molecule has 1 aromatic rings. The summed E-state index contributed by atoms with van der Waals surface area (Å²) < 4.78 is 0. The summed E-state index contributed by atoms with van der Waals surface area (Å²) >= 11 is 0. The predicted molar refractivity (Wildman–Crippen MR) is 93.9 cm³/mol. The van der Waals surface area contributed by atoms with Crippen LogP contribution in [0.3, 0.4) is 0 Å². The molecule has 6 heteroatoms. The van der Waals surface area contributed by atoms with Crippen molar-refractivity contribution in [2.45, 2.75) is 50.5 Å². The number of urea groups is 1. The topological polar surface area (TPSA) is 78.5 Å². The van der Waals surface area contributed by atoms with Crippen LogP contribution < -0.4 is 10.6 Å². The van der Waals surface area contributed by atoms with Crippen molar-refractivity contribution in [2.24, 2.45) is 0 Å². The summed E-state index contributed by atoms with van der Waals surface area (Å²) in [4.78, 5) is 37.2. The van der Waals surface area contributed by atoms with Crippen LogP contribution in [0.15, 0.2) is 30.3 Å². The molecule has 0 spiro atoms. The van der Waals surface area contributed by atoms with Crippen molar-refractivity contribution in [1.82, 2.24) is 15.5 Å². The molecule has 2 fully saturated rings. The number of nitrogens with one attached hydrogen (secondary N) is 2. The maximum atomic E-state index is 12.1. The van der Waals surface area contributed by atoms with E-state index in [1.54, 1.807) is 13.8 Å². The summed E-state index contributed by atoms with van der Waals surface area (Å²) in [5.41, 5.74) is 0.510. The zero-order valence-corrected chi connectivity index (χ0v) is 14.8. The lowest BCUT2D eigenvalue weighted by molar-refractivity contribution is -0.130. The number of hydrogen-bond donors (Lipinski definition) is 2. The molecule has 0 atom stereocenters. The molecule has 0 radical (unpaired) electrons. The number of rotatable bonds is 7. The molecule has 1 saturated carbocycles. The van der Waals surface area contributed by atoms with Gasteiger partial charge in [0.1, 0.15) is 5.54 Å². The van der Waals surface area contributed by atoms with E-state index in [1.807, 2.05) is 18.2 Å². The number of carbonyl (C=O) groups excluding carboxylic acids is 3. The molecular weight excluding hydrogens is 318 g/mol. The van der Waals surface area contributed by atoms with Crippen LogP contribution in [0.25, 0.3) is 0 Å². The highest BCUT2D eigenvalue weighted by Gasteiger charge is 2.45. The molecule has 25 heavy (non-hydrogen) atoms. The SMILES string of the molecule is CC1(C)NC(=O)N(CCCC(=O)NCC2(c3ccccc3)CC2)C1=O. The quantitative estimate of drug-likeness (QED) is 0.743. The van der Waals surface area contributed by atoms with E-state index < -0.39 is 5.54 Å². The second-order valence-electron chi connectivity index (χ2n) is 7.54. The maximum absolute atomic E-state index is 12.1. The Morgan fingerprint density at radius 3 is 2.44 bits per heavy atom. The smallest absolute Gasteiger partial charge is 0.325 e. The molecule has 6 nitrogen and oxygen atoms in total. The lowest BCUT2D eigenvalue weighted by Gasteiger charge is -2.17. The Morgan fingerprint density at radius 2 is 1.88 bits per heavy atom. The molecule has 0 unspecified atom stereocenters. The summed E-state index contributed by atoms with van der Waals surface area (Å²) in [6.07, 6.45) is 2.96. The van der Waals surface area contributed by atoms with Crippen LogP contribution in [0.4, 0.5) is 4.79 Å². The molecule has 1 aromatic carbocycles. The molecule has 1 aliphatic heterocycles. The van der Waals surface area contributed by atoms with Crippen molar-refractivity contribution in [2.75, 3.05) is 13.1 Å². The van der Waals surface area contributed by atoms with Gasteiger partial charge >= 0.3 is 6.03 Å². The molecular formula is C19H25N3O3. The average Bonchev–Trinajstić information content (AvgIpc) is 3.34. The molecule has 1 saturated heterocycles. The highest BCUT2D eigenvalue weighted by atomic mass is 16.2. The first-order chi connectivity index (χ1) is 11.8. The Morgan fingerprint density at radius 1 is 1.20 bits per heavy atom. The second kappa shape index (κ2) is 6.50. The van der Waals surface area contributed by atoms with Gasteiger partial charge in [0.05, 0.1) is 0 Å². The minimum Gasteiger partial charge on any atom is -0.355 e. The van der Waals surface area contributed by atoms with Crippen LogP contribution in [0.5, 0.6) is 0 Å². The van der Waals surface area contributed by atoms with Crippen LogP contribution in [0.2, 0.25) is 0 Å². The van der Waals surface area contributed by atoms with E-state index in [9.17, 15) is 14.4 Å². The maximum Gasteiger partial charge on any atom is 0.325 e. The minimum absolute atomic E-state index is 0.0338. The monoisotopic (exact) mass is 343 g/mol. The Labute approximate surface area is 148 Å². The number of amides is 4. The Hall–Kier alpha value is -2.37. The third-order valence-corrected chi connectivity index (χ3v) is 5.09. The Bertz CT molecular complexity index is 680. The van der Waals surface area contributed by atoms with E-state index in [1.165, 1.54) is 10.5 Å². The first kappa shape index (κ1) is 17.5. The summed E-state index contributed by atoms with van der Waals surface area (Å²) in [5.74, 6) is -0.271. The number of hydrogen-bond acceptors (Lipinski definition) is 3. The summed E-state index contributed by atoms with van der Waals surface area (Å²) in [7, 11) is 0. The number of imide groups is 1. The van der Waals surface area contributed by atoms with Crippen LogP contribution in [0, 0.1) is 0 Å². The highest BCUT2D eigenvalue weighted by Crippen LogP contribution is 2.47. The lowest BCUT2D eigenvalue weighted by atomic mass is 9.96. The first-order valence-corrected chi connectivity index (χ1v) is 8.80. The van der Waals surface area contributed by atoms with E-state index in [0.29, 0.717) is 19.4 Å². The molecule has 2 N–H and O–H groups in total. The normalized spacial score (nSPS) is 20.3. The van der Waals surface area contributed by atoms with Gasteiger partial charge in [-0.15, -0.1) is 0 Å². The van der Waals surface area contributed by atoms with Crippen molar-refractivity contribution < 1.29 is 14.4 Å². The number of benzene rings is 1. The van der Waals surface area contributed by atoms with E-state index in [4.69, 9.17) is 0 Å². The fourth-order valence-corrected chi connectivity index (χ4v) is 3.28. The molecule has 4 amide bonds. The van der Waals surface area contributed by atoms with Crippen molar-refractivity contribution in [3.05, 3.63) is 35.9 Å². The van der Waals surface area contributed by atoms with Gasteiger partial charge in [0, 0.05) is 24.9 Å². The molecule has 2 aliphatic rings. The van der Waals surface area contributed by atoms with E-state index >= 15 is 0 Å². The molecule has 0 aromatic heterocycles.